The van der Waals surface area contributed by atoms with Crippen LogP contribution in [0.1, 0.15) is 23.8 Å². The minimum atomic E-state index is -0.0894. The molecule has 3 nitrogen and oxygen atoms in total. The first-order valence-corrected chi connectivity index (χ1v) is 6.46. The number of rotatable bonds is 3. The van der Waals surface area contributed by atoms with Crippen molar-refractivity contribution in [3.8, 4) is 5.75 Å². The van der Waals surface area contributed by atoms with Gasteiger partial charge in [-0.2, -0.15) is 0 Å². The topological polar surface area (TPSA) is 50.4 Å². The summed E-state index contributed by atoms with van der Waals surface area (Å²) in [5, 5.41) is 10.6. The molecule has 0 radical (unpaired) electrons. The van der Waals surface area contributed by atoms with E-state index in [1.54, 1.807) is 13.0 Å². The molecule has 0 bridgehead atoms. The number of aryl methyl sites for hydroxylation is 1. The summed E-state index contributed by atoms with van der Waals surface area (Å²) in [7, 11) is 0. The Morgan fingerprint density at radius 2 is 2.16 bits per heavy atom. The zero-order valence-corrected chi connectivity index (χ0v) is 11.7. The molecule has 2 aromatic rings. The third kappa shape index (κ3) is 2.15. The number of halogens is 1. The van der Waals surface area contributed by atoms with Gasteiger partial charge in [-0.05, 0) is 25.8 Å². The van der Waals surface area contributed by atoms with Gasteiger partial charge in [0.05, 0.1) is 10.4 Å². The Hall–Kier alpha value is -1.74. The monoisotopic (exact) mass is 278 g/mol. The summed E-state index contributed by atoms with van der Waals surface area (Å²) in [6.45, 7) is 7.29. The van der Waals surface area contributed by atoms with Crippen LogP contribution in [0.15, 0.2) is 27.9 Å². The number of hydrogen-bond acceptors (Lipinski definition) is 3. The number of benzene rings is 1. The molecule has 0 saturated heterocycles. The van der Waals surface area contributed by atoms with Gasteiger partial charge in [0.25, 0.3) is 0 Å². The summed E-state index contributed by atoms with van der Waals surface area (Å²) in [6.07, 6.45) is 2.62. The van der Waals surface area contributed by atoms with Crippen LogP contribution in [-0.4, -0.2) is 5.11 Å². The first kappa shape index (κ1) is 13.7. The Kier molecular flexibility index (Phi) is 3.67. The lowest BCUT2D eigenvalue weighted by molar-refractivity contribution is 0.467. The zero-order valence-electron chi connectivity index (χ0n) is 10.9. The maximum Gasteiger partial charge on any atom is 0.196 e. The van der Waals surface area contributed by atoms with E-state index in [0.717, 1.165) is 0 Å². The van der Waals surface area contributed by atoms with Crippen LogP contribution >= 0.6 is 11.6 Å². The van der Waals surface area contributed by atoms with E-state index in [-0.39, 0.29) is 16.2 Å². The molecule has 0 atom stereocenters. The molecule has 2 rings (SSSR count). The van der Waals surface area contributed by atoms with Gasteiger partial charge in [-0.15, -0.1) is 6.58 Å². The maximum absolute atomic E-state index is 12.4. The first-order chi connectivity index (χ1) is 9.01. The Morgan fingerprint density at radius 1 is 1.47 bits per heavy atom. The molecule has 1 N–H and O–H groups in total. The van der Waals surface area contributed by atoms with Gasteiger partial charge in [-0.1, -0.05) is 24.6 Å². The van der Waals surface area contributed by atoms with Crippen LogP contribution < -0.4 is 5.43 Å². The highest BCUT2D eigenvalue weighted by atomic mass is 35.5. The Balaban J connectivity index is 2.98. The highest BCUT2D eigenvalue weighted by Gasteiger charge is 2.17. The van der Waals surface area contributed by atoms with E-state index in [1.165, 1.54) is 6.07 Å². The summed E-state index contributed by atoms with van der Waals surface area (Å²) in [4.78, 5) is 12.4. The van der Waals surface area contributed by atoms with Gasteiger partial charge in [0.15, 0.2) is 5.43 Å². The summed E-state index contributed by atoms with van der Waals surface area (Å²) in [5.41, 5.74) is 1.44. The van der Waals surface area contributed by atoms with E-state index in [2.05, 4.69) is 6.58 Å². The minimum absolute atomic E-state index is 0.0548. The second kappa shape index (κ2) is 5.10. The molecular weight excluding hydrogens is 264 g/mol. The van der Waals surface area contributed by atoms with E-state index in [1.807, 2.05) is 6.92 Å². The van der Waals surface area contributed by atoms with Crippen molar-refractivity contribution in [1.29, 1.82) is 0 Å². The quantitative estimate of drug-likeness (QED) is 0.870. The molecule has 0 fully saturated rings. The molecule has 0 unspecified atom stereocenters. The molecule has 0 saturated carbocycles. The lowest BCUT2D eigenvalue weighted by Gasteiger charge is -2.10. The normalized spacial score (nSPS) is 10.9. The zero-order chi connectivity index (χ0) is 14.2. The molecule has 1 aromatic heterocycles. The molecule has 4 heteroatoms. The maximum atomic E-state index is 12.4. The molecule has 19 heavy (non-hydrogen) atoms. The summed E-state index contributed by atoms with van der Waals surface area (Å²) in [6, 6.07) is 1.46. The van der Waals surface area contributed by atoms with Crippen molar-refractivity contribution in [1.82, 2.24) is 0 Å². The van der Waals surface area contributed by atoms with Gasteiger partial charge < -0.3 is 9.52 Å². The number of aromatic hydroxyl groups is 1. The fourth-order valence-electron chi connectivity index (χ4n) is 2.24. The van der Waals surface area contributed by atoms with Crippen LogP contribution in [0.25, 0.3) is 11.0 Å². The first-order valence-electron chi connectivity index (χ1n) is 6.08. The number of phenolic OH excluding ortho intramolecular Hbond substituents is 1. The minimum Gasteiger partial charge on any atom is -0.506 e. The third-order valence-corrected chi connectivity index (χ3v) is 3.49. The second-order valence-electron chi connectivity index (χ2n) is 4.37. The molecule has 0 aliphatic carbocycles. The van der Waals surface area contributed by atoms with Gasteiger partial charge in [0.1, 0.15) is 17.1 Å². The highest BCUT2D eigenvalue weighted by Crippen LogP contribution is 2.34. The van der Waals surface area contributed by atoms with Crippen molar-refractivity contribution in [3.63, 3.8) is 0 Å². The van der Waals surface area contributed by atoms with Crippen LogP contribution in [0.2, 0.25) is 5.02 Å². The molecular formula is C15H15ClO3. The number of allylic oxidation sites excluding steroid dienone is 1. The van der Waals surface area contributed by atoms with Gasteiger partial charge in [0, 0.05) is 11.1 Å². The second-order valence-corrected chi connectivity index (χ2v) is 4.78. The van der Waals surface area contributed by atoms with Crippen molar-refractivity contribution >= 4 is 22.6 Å². The average Bonchev–Trinajstić information content (AvgIpc) is 2.37. The Labute approximate surface area is 116 Å². The Bertz CT molecular complexity index is 714. The van der Waals surface area contributed by atoms with E-state index in [9.17, 15) is 9.90 Å². The lowest BCUT2D eigenvalue weighted by Crippen LogP contribution is -2.11. The van der Waals surface area contributed by atoms with Crippen molar-refractivity contribution in [2.24, 2.45) is 0 Å². The van der Waals surface area contributed by atoms with Crippen molar-refractivity contribution in [3.05, 3.63) is 50.9 Å². The van der Waals surface area contributed by atoms with Crippen LogP contribution in [0.5, 0.6) is 5.75 Å². The molecule has 0 amide bonds. The molecule has 0 aliphatic rings. The molecule has 0 spiro atoms. The summed E-state index contributed by atoms with van der Waals surface area (Å²) in [5.74, 6) is 0.521. The van der Waals surface area contributed by atoms with E-state index in [0.29, 0.717) is 40.7 Å². The van der Waals surface area contributed by atoms with Gasteiger partial charge >= 0.3 is 0 Å². The summed E-state index contributed by atoms with van der Waals surface area (Å²) >= 11 is 5.97. The van der Waals surface area contributed by atoms with Crippen LogP contribution in [0.3, 0.4) is 0 Å². The van der Waals surface area contributed by atoms with Gasteiger partial charge in [-0.3, -0.25) is 4.79 Å². The van der Waals surface area contributed by atoms with Crippen molar-refractivity contribution in [2.75, 3.05) is 0 Å². The van der Waals surface area contributed by atoms with Crippen molar-refractivity contribution in [2.45, 2.75) is 26.7 Å². The number of fused-ring (bicyclic) bond motifs is 1. The van der Waals surface area contributed by atoms with Crippen LogP contribution in [0, 0.1) is 6.92 Å². The molecule has 1 heterocycles. The molecule has 0 aliphatic heterocycles. The van der Waals surface area contributed by atoms with E-state index < -0.39 is 0 Å². The Morgan fingerprint density at radius 3 is 2.74 bits per heavy atom. The predicted molar refractivity (Wildman–Crippen MR) is 77.2 cm³/mol. The van der Waals surface area contributed by atoms with Crippen LogP contribution in [0.4, 0.5) is 0 Å². The van der Waals surface area contributed by atoms with Crippen molar-refractivity contribution < 1.29 is 9.52 Å². The average molecular weight is 279 g/mol. The molecule has 1 aromatic carbocycles. The summed E-state index contributed by atoms with van der Waals surface area (Å²) < 4.78 is 5.72. The third-order valence-electron chi connectivity index (χ3n) is 3.20. The highest BCUT2D eigenvalue weighted by molar-refractivity contribution is 6.33. The largest absolute Gasteiger partial charge is 0.506 e. The fraction of sp³-hybridized carbons (Fsp3) is 0.267. The van der Waals surface area contributed by atoms with Gasteiger partial charge in [0.2, 0.25) is 0 Å². The molecule has 100 valence electrons. The lowest BCUT2D eigenvalue weighted by atomic mass is 10.0. The predicted octanol–water partition coefficient (Wildman–Crippen LogP) is 3.75. The fourth-order valence-corrected chi connectivity index (χ4v) is 2.46. The number of phenols is 1. The standard InChI is InChI=1S/C15H15ClO3/c1-4-6-10-14(18)12(16)7-11-13(17)9(5-2)8(3)19-15(10)11/h4,7,18H,1,5-6H2,2-3H3. The van der Waals surface area contributed by atoms with Crippen LogP contribution in [-0.2, 0) is 12.8 Å². The smallest absolute Gasteiger partial charge is 0.196 e. The van der Waals surface area contributed by atoms with E-state index in [4.69, 9.17) is 16.0 Å². The van der Waals surface area contributed by atoms with E-state index >= 15 is 0 Å². The number of hydrogen-bond donors (Lipinski definition) is 1. The van der Waals surface area contributed by atoms with Gasteiger partial charge in [-0.25, -0.2) is 0 Å². The SMILES string of the molecule is C=CCc1c(O)c(Cl)cc2c(=O)c(CC)c(C)oc12.